The van der Waals surface area contributed by atoms with Gasteiger partial charge in [0.05, 0.1) is 16.3 Å². The number of aryl methyl sites for hydroxylation is 2. The van der Waals surface area contributed by atoms with Crippen molar-refractivity contribution in [2.24, 2.45) is 0 Å². The van der Waals surface area contributed by atoms with Crippen molar-refractivity contribution in [3.63, 3.8) is 0 Å². The monoisotopic (exact) mass is 315 g/mol. The third-order valence-electron chi connectivity index (χ3n) is 4.25. The predicted molar refractivity (Wildman–Crippen MR) is 83.5 cm³/mol. The molecule has 7 nitrogen and oxygen atoms in total. The number of non-ortho nitro benzene ring substituents is 1. The summed E-state index contributed by atoms with van der Waals surface area (Å²) in [7, 11) is 0. The number of aromatic nitrogens is 1. The molecule has 0 saturated heterocycles. The molecule has 0 fully saturated rings. The molecule has 2 heterocycles. The van der Waals surface area contributed by atoms with Gasteiger partial charge in [0.15, 0.2) is 0 Å². The van der Waals surface area contributed by atoms with Crippen molar-refractivity contribution < 1.29 is 14.2 Å². The van der Waals surface area contributed by atoms with E-state index in [1.807, 2.05) is 13.8 Å². The van der Waals surface area contributed by atoms with Gasteiger partial charge < -0.3 is 9.42 Å². The van der Waals surface area contributed by atoms with Crippen LogP contribution in [0.1, 0.15) is 29.0 Å². The molecule has 0 aliphatic carbocycles. The molecule has 0 spiro atoms. The molecule has 0 radical (unpaired) electrons. The minimum Gasteiger partial charge on any atom is -0.361 e. The molecule has 3 rings (SSSR count). The van der Waals surface area contributed by atoms with Gasteiger partial charge >= 0.3 is 0 Å². The fourth-order valence-electron chi connectivity index (χ4n) is 2.97. The summed E-state index contributed by atoms with van der Waals surface area (Å²) in [6.45, 7) is 4.25. The molecular weight excluding hydrogens is 298 g/mol. The smallest absolute Gasteiger partial charge is 0.271 e. The van der Waals surface area contributed by atoms with Crippen LogP contribution >= 0.6 is 0 Å². The van der Waals surface area contributed by atoms with Crippen molar-refractivity contribution in [3.8, 4) is 0 Å². The van der Waals surface area contributed by atoms with Crippen LogP contribution in [0.2, 0.25) is 0 Å². The summed E-state index contributed by atoms with van der Waals surface area (Å²) >= 11 is 0. The topological polar surface area (TPSA) is 89.5 Å². The van der Waals surface area contributed by atoms with Gasteiger partial charge in [-0.2, -0.15) is 0 Å². The Balaban J connectivity index is 1.75. The Morgan fingerprint density at radius 2 is 2.22 bits per heavy atom. The summed E-state index contributed by atoms with van der Waals surface area (Å²) in [5, 5.41) is 14.8. The Hall–Kier alpha value is -2.70. The van der Waals surface area contributed by atoms with Crippen LogP contribution in [-0.4, -0.2) is 22.5 Å². The van der Waals surface area contributed by atoms with Crippen LogP contribution in [0.25, 0.3) is 0 Å². The standard InChI is InChI=1S/C16H17N3O4/c1-10-14(11(2)23-17-10)5-6-16(20)18-8-7-12-3-4-13(19(21)22)9-15(12)18/h3-4,9H,5-8H2,1-2H3. The highest BCUT2D eigenvalue weighted by molar-refractivity contribution is 5.96. The number of nitrogens with zero attached hydrogens (tertiary/aromatic N) is 3. The molecule has 0 N–H and O–H groups in total. The lowest BCUT2D eigenvalue weighted by atomic mass is 10.1. The van der Waals surface area contributed by atoms with Crippen LogP contribution in [0.3, 0.4) is 0 Å². The Kier molecular flexibility index (Phi) is 3.85. The average Bonchev–Trinajstić information content (AvgIpc) is 3.08. The van der Waals surface area contributed by atoms with Gasteiger partial charge in [0.1, 0.15) is 5.76 Å². The SMILES string of the molecule is Cc1noc(C)c1CCC(=O)N1CCc2ccc([N+](=O)[O-])cc21. The number of amides is 1. The number of hydrogen-bond donors (Lipinski definition) is 0. The van der Waals surface area contributed by atoms with Gasteiger partial charge in [-0.05, 0) is 32.3 Å². The number of carbonyl (C=O) groups excluding carboxylic acids is 1. The first-order valence-electron chi connectivity index (χ1n) is 7.47. The number of rotatable bonds is 4. The third kappa shape index (κ3) is 2.81. The van der Waals surface area contributed by atoms with Gasteiger partial charge in [-0.25, -0.2) is 0 Å². The molecule has 0 unspecified atom stereocenters. The second-order valence-electron chi connectivity index (χ2n) is 5.67. The van der Waals surface area contributed by atoms with Crippen molar-refractivity contribution in [2.75, 3.05) is 11.4 Å². The van der Waals surface area contributed by atoms with E-state index in [1.54, 1.807) is 11.0 Å². The number of hydrogen-bond acceptors (Lipinski definition) is 5. The van der Waals surface area contributed by atoms with Gasteiger partial charge in [0, 0.05) is 30.7 Å². The molecule has 1 aromatic heterocycles. The van der Waals surface area contributed by atoms with Crippen molar-refractivity contribution in [3.05, 3.63) is 50.9 Å². The second kappa shape index (κ2) is 5.83. The Bertz CT molecular complexity index is 762. The number of fused-ring (bicyclic) bond motifs is 1. The largest absolute Gasteiger partial charge is 0.361 e. The highest BCUT2D eigenvalue weighted by atomic mass is 16.6. The third-order valence-corrected chi connectivity index (χ3v) is 4.25. The maximum absolute atomic E-state index is 12.5. The lowest BCUT2D eigenvalue weighted by molar-refractivity contribution is -0.384. The summed E-state index contributed by atoms with van der Waals surface area (Å²) in [5.74, 6) is 0.692. The Morgan fingerprint density at radius 1 is 1.43 bits per heavy atom. The van der Waals surface area contributed by atoms with Crippen LogP contribution < -0.4 is 4.90 Å². The van der Waals surface area contributed by atoms with E-state index >= 15 is 0 Å². The van der Waals surface area contributed by atoms with E-state index in [9.17, 15) is 14.9 Å². The molecular formula is C16H17N3O4. The molecule has 23 heavy (non-hydrogen) atoms. The van der Waals surface area contributed by atoms with Crippen molar-refractivity contribution in [2.45, 2.75) is 33.1 Å². The number of carbonyl (C=O) groups is 1. The molecule has 2 aromatic rings. The lowest BCUT2D eigenvalue weighted by Crippen LogP contribution is -2.29. The molecule has 1 aromatic carbocycles. The highest BCUT2D eigenvalue weighted by Gasteiger charge is 2.26. The maximum atomic E-state index is 12.5. The average molecular weight is 315 g/mol. The Morgan fingerprint density at radius 3 is 2.87 bits per heavy atom. The minimum atomic E-state index is -0.439. The molecule has 1 aliphatic rings. The minimum absolute atomic E-state index is 0.00849. The molecule has 1 aliphatic heterocycles. The molecule has 120 valence electrons. The van der Waals surface area contributed by atoms with E-state index in [-0.39, 0.29) is 11.6 Å². The number of anilines is 1. The molecule has 0 atom stereocenters. The zero-order valence-electron chi connectivity index (χ0n) is 13.0. The van der Waals surface area contributed by atoms with Gasteiger partial charge in [0.2, 0.25) is 5.91 Å². The summed E-state index contributed by atoms with van der Waals surface area (Å²) in [5.41, 5.74) is 3.39. The fraction of sp³-hybridized carbons (Fsp3) is 0.375. The van der Waals surface area contributed by atoms with E-state index in [0.717, 1.165) is 29.0 Å². The number of nitro groups is 1. The van der Waals surface area contributed by atoms with Gasteiger partial charge in [-0.3, -0.25) is 14.9 Å². The quantitative estimate of drug-likeness (QED) is 0.639. The van der Waals surface area contributed by atoms with Gasteiger partial charge in [-0.1, -0.05) is 11.2 Å². The van der Waals surface area contributed by atoms with E-state index in [1.165, 1.54) is 12.1 Å². The van der Waals surface area contributed by atoms with Gasteiger partial charge in [-0.15, -0.1) is 0 Å². The first-order valence-corrected chi connectivity index (χ1v) is 7.47. The molecule has 0 bridgehead atoms. The molecule has 1 amide bonds. The molecule has 7 heteroatoms. The first kappa shape index (κ1) is 15.2. The predicted octanol–water partition coefficient (Wildman–Crippen LogP) is 2.72. The highest BCUT2D eigenvalue weighted by Crippen LogP contribution is 2.32. The van der Waals surface area contributed by atoms with Gasteiger partial charge in [0.25, 0.3) is 5.69 Å². The maximum Gasteiger partial charge on any atom is 0.271 e. The second-order valence-corrected chi connectivity index (χ2v) is 5.67. The van der Waals surface area contributed by atoms with E-state index in [0.29, 0.717) is 25.1 Å². The van der Waals surface area contributed by atoms with E-state index in [2.05, 4.69) is 5.16 Å². The van der Waals surface area contributed by atoms with Crippen molar-refractivity contribution in [1.29, 1.82) is 0 Å². The van der Waals surface area contributed by atoms with Crippen molar-refractivity contribution in [1.82, 2.24) is 5.16 Å². The van der Waals surface area contributed by atoms with Crippen molar-refractivity contribution >= 4 is 17.3 Å². The summed E-state index contributed by atoms with van der Waals surface area (Å²) in [6.07, 6.45) is 1.61. The summed E-state index contributed by atoms with van der Waals surface area (Å²) < 4.78 is 5.10. The zero-order chi connectivity index (χ0) is 16.6. The fourth-order valence-corrected chi connectivity index (χ4v) is 2.97. The van der Waals surface area contributed by atoms with Crippen LogP contribution in [0.15, 0.2) is 22.7 Å². The normalized spacial score (nSPS) is 13.2. The van der Waals surface area contributed by atoms with E-state index in [4.69, 9.17) is 4.52 Å². The zero-order valence-corrected chi connectivity index (χ0v) is 13.0. The van der Waals surface area contributed by atoms with Crippen LogP contribution in [0.5, 0.6) is 0 Å². The number of benzene rings is 1. The Labute approximate surface area is 133 Å². The van der Waals surface area contributed by atoms with Crippen LogP contribution in [-0.2, 0) is 17.6 Å². The van der Waals surface area contributed by atoms with Crippen LogP contribution in [0.4, 0.5) is 11.4 Å². The summed E-state index contributed by atoms with van der Waals surface area (Å²) in [6, 6.07) is 4.70. The first-order chi connectivity index (χ1) is 11.0. The lowest BCUT2D eigenvalue weighted by Gasteiger charge is -2.17. The number of nitro benzene ring substituents is 1. The summed E-state index contributed by atoms with van der Waals surface area (Å²) in [4.78, 5) is 24.6. The van der Waals surface area contributed by atoms with Crippen LogP contribution in [0, 0.1) is 24.0 Å². The van der Waals surface area contributed by atoms with E-state index < -0.39 is 4.92 Å². The molecule has 0 saturated carbocycles.